The molecule has 3 aromatic carbocycles. The maximum atomic E-state index is 4.82. The second-order valence-electron chi connectivity index (χ2n) is 5.68. The van der Waals surface area contributed by atoms with Gasteiger partial charge in [0.2, 0.25) is 0 Å². The Bertz CT molecular complexity index is 1210. The van der Waals surface area contributed by atoms with Crippen LogP contribution in [0, 0.1) is 0 Å². The number of nitrogens with zero attached hydrogens (tertiary/aromatic N) is 4. The summed E-state index contributed by atoms with van der Waals surface area (Å²) in [4.78, 5) is 18.0. The van der Waals surface area contributed by atoms with Crippen molar-refractivity contribution in [1.82, 2.24) is 19.9 Å². The van der Waals surface area contributed by atoms with Crippen molar-refractivity contribution in [3.63, 3.8) is 0 Å². The Kier molecular flexibility index (Phi) is 2.76. The fraction of sp³-hybridized carbons (Fsp3) is 0. The summed E-state index contributed by atoms with van der Waals surface area (Å²) >= 11 is 0. The molecule has 0 N–H and O–H groups in total. The van der Waals surface area contributed by atoms with Gasteiger partial charge >= 0.3 is 0 Å². The van der Waals surface area contributed by atoms with Crippen LogP contribution in [0.1, 0.15) is 0 Å². The topological polar surface area (TPSA) is 51.6 Å². The zero-order valence-corrected chi connectivity index (χ0v) is 12.7. The lowest BCUT2D eigenvalue weighted by Crippen LogP contribution is -1.92. The molecule has 0 fully saturated rings. The zero-order chi connectivity index (χ0) is 15.9. The standard InChI is InChI=1S/C20H12N4/c1-2-4-16-13(3-1)5-6-15-12-23-20(24-19(15)16)14-7-8-17-18(11-14)22-10-9-21-17/h1-12H. The predicted octanol–water partition coefficient (Wildman–Crippen LogP) is 4.39. The summed E-state index contributed by atoms with van der Waals surface area (Å²) in [5, 5.41) is 3.36. The van der Waals surface area contributed by atoms with Gasteiger partial charge in [-0.25, -0.2) is 9.97 Å². The lowest BCUT2D eigenvalue weighted by atomic mass is 10.1. The number of hydrogen-bond donors (Lipinski definition) is 0. The van der Waals surface area contributed by atoms with Gasteiger partial charge in [0.15, 0.2) is 5.82 Å². The van der Waals surface area contributed by atoms with Gasteiger partial charge < -0.3 is 0 Å². The van der Waals surface area contributed by atoms with E-state index in [9.17, 15) is 0 Å². The van der Waals surface area contributed by atoms with Crippen molar-refractivity contribution in [2.75, 3.05) is 0 Å². The molecule has 112 valence electrons. The van der Waals surface area contributed by atoms with E-state index in [1.807, 2.05) is 36.5 Å². The SMILES string of the molecule is c1ccc2c(c1)ccc1cnc(-c3ccc4nccnc4c3)nc12. The Morgan fingerprint density at radius 2 is 1.50 bits per heavy atom. The molecule has 5 rings (SSSR count). The van der Waals surface area contributed by atoms with Crippen molar-refractivity contribution in [2.45, 2.75) is 0 Å². The first kappa shape index (κ1) is 13.1. The van der Waals surface area contributed by atoms with E-state index in [0.29, 0.717) is 5.82 Å². The fourth-order valence-corrected chi connectivity index (χ4v) is 3.01. The molecule has 0 aliphatic heterocycles. The molecule has 4 nitrogen and oxygen atoms in total. The molecule has 0 atom stereocenters. The maximum absolute atomic E-state index is 4.82. The monoisotopic (exact) mass is 308 g/mol. The van der Waals surface area contributed by atoms with Crippen LogP contribution in [0.15, 0.2) is 73.2 Å². The molecule has 0 amide bonds. The third-order valence-electron chi connectivity index (χ3n) is 4.20. The number of benzene rings is 3. The van der Waals surface area contributed by atoms with Crippen LogP contribution in [0.4, 0.5) is 0 Å². The number of hydrogen-bond acceptors (Lipinski definition) is 4. The summed E-state index contributed by atoms with van der Waals surface area (Å²) in [5.74, 6) is 0.700. The van der Waals surface area contributed by atoms with Crippen LogP contribution in [-0.4, -0.2) is 19.9 Å². The molecule has 0 saturated heterocycles. The molecule has 0 bridgehead atoms. The number of rotatable bonds is 1. The van der Waals surface area contributed by atoms with E-state index < -0.39 is 0 Å². The van der Waals surface area contributed by atoms with Crippen molar-refractivity contribution in [2.24, 2.45) is 0 Å². The van der Waals surface area contributed by atoms with E-state index in [1.165, 1.54) is 5.39 Å². The zero-order valence-electron chi connectivity index (χ0n) is 12.7. The summed E-state index contributed by atoms with van der Waals surface area (Å²) in [6.07, 6.45) is 5.27. The molecular weight excluding hydrogens is 296 g/mol. The molecule has 2 heterocycles. The number of aromatic nitrogens is 4. The van der Waals surface area contributed by atoms with Crippen LogP contribution >= 0.6 is 0 Å². The fourth-order valence-electron chi connectivity index (χ4n) is 3.01. The van der Waals surface area contributed by atoms with Crippen molar-refractivity contribution in [1.29, 1.82) is 0 Å². The van der Waals surface area contributed by atoms with Crippen LogP contribution in [0.2, 0.25) is 0 Å². The minimum absolute atomic E-state index is 0.700. The summed E-state index contributed by atoms with van der Waals surface area (Å²) in [6, 6.07) is 18.4. The van der Waals surface area contributed by atoms with Gasteiger partial charge in [0.05, 0.1) is 16.6 Å². The van der Waals surface area contributed by atoms with Gasteiger partial charge in [0.25, 0.3) is 0 Å². The number of fused-ring (bicyclic) bond motifs is 4. The summed E-state index contributed by atoms with van der Waals surface area (Å²) in [7, 11) is 0. The first-order valence-corrected chi connectivity index (χ1v) is 7.74. The normalized spacial score (nSPS) is 11.3. The highest BCUT2D eigenvalue weighted by Gasteiger charge is 2.07. The average Bonchev–Trinajstić information content (AvgIpc) is 2.67. The van der Waals surface area contributed by atoms with Crippen LogP contribution in [0.3, 0.4) is 0 Å². The highest BCUT2D eigenvalue weighted by Crippen LogP contribution is 2.26. The molecule has 0 aliphatic rings. The minimum atomic E-state index is 0.700. The Hall–Kier alpha value is -3.40. The van der Waals surface area contributed by atoms with Crippen LogP contribution in [0.25, 0.3) is 44.1 Å². The van der Waals surface area contributed by atoms with E-state index in [0.717, 1.165) is 32.9 Å². The third-order valence-corrected chi connectivity index (χ3v) is 4.20. The smallest absolute Gasteiger partial charge is 0.159 e. The van der Waals surface area contributed by atoms with Gasteiger partial charge in [-0.2, -0.15) is 0 Å². The maximum Gasteiger partial charge on any atom is 0.159 e. The van der Waals surface area contributed by atoms with Gasteiger partial charge in [-0.1, -0.05) is 36.4 Å². The van der Waals surface area contributed by atoms with Crippen molar-refractivity contribution >= 4 is 32.7 Å². The second kappa shape index (κ2) is 5.06. The molecule has 4 heteroatoms. The lowest BCUT2D eigenvalue weighted by molar-refractivity contribution is 1.23. The molecule has 2 aromatic heterocycles. The van der Waals surface area contributed by atoms with E-state index in [4.69, 9.17) is 4.98 Å². The van der Waals surface area contributed by atoms with Crippen molar-refractivity contribution in [3.8, 4) is 11.4 Å². The van der Waals surface area contributed by atoms with Crippen molar-refractivity contribution in [3.05, 3.63) is 73.2 Å². The quantitative estimate of drug-likeness (QED) is 0.431. The highest BCUT2D eigenvalue weighted by atomic mass is 14.9. The molecule has 0 aliphatic carbocycles. The molecule has 24 heavy (non-hydrogen) atoms. The molecular formula is C20H12N4. The summed E-state index contributed by atoms with van der Waals surface area (Å²) < 4.78 is 0. The van der Waals surface area contributed by atoms with Crippen LogP contribution in [-0.2, 0) is 0 Å². The highest BCUT2D eigenvalue weighted by molar-refractivity contribution is 6.05. The van der Waals surface area contributed by atoms with E-state index in [2.05, 4.69) is 39.2 Å². The van der Waals surface area contributed by atoms with Gasteiger partial charge in [-0.15, -0.1) is 0 Å². The lowest BCUT2D eigenvalue weighted by Gasteiger charge is -2.06. The Labute approximate surface area is 137 Å². The first-order valence-electron chi connectivity index (χ1n) is 7.74. The van der Waals surface area contributed by atoms with Gasteiger partial charge in [0, 0.05) is 34.9 Å². The van der Waals surface area contributed by atoms with Crippen LogP contribution in [0.5, 0.6) is 0 Å². The van der Waals surface area contributed by atoms with Crippen LogP contribution < -0.4 is 0 Å². The molecule has 0 radical (unpaired) electrons. The molecule has 0 spiro atoms. The summed E-state index contributed by atoms with van der Waals surface area (Å²) in [6.45, 7) is 0. The predicted molar refractivity (Wildman–Crippen MR) is 95.6 cm³/mol. The molecule has 5 aromatic rings. The third kappa shape index (κ3) is 2.01. The largest absolute Gasteiger partial charge is 0.253 e. The van der Waals surface area contributed by atoms with E-state index in [1.54, 1.807) is 12.4 Å². The first-order chi connectivity index (χ1) is 11.9. The average molecular weight is 308 g/mol. The van der Waals surface area contributed by atoms with Crippen molar-refractivity contribution < 1.29 is 0 Å². The van der Waals surface area contributed by atoms with E-state index in [-0.39, 0.29) is 0 Å². The Morgan fingerprint density at radius 3 is 2.46 bits per heavy atom. The molecule has 0 unspecified atom stereocenters. The summed E-state index contributed by atoms with van der Waals surface area (Å²) in [5.41, 5.74) is 3.62. The molecule has 0 saturated carbocycles. The van der Waals surface area contributed by atoms with Gasteiger partial charge in [-0.05, 0) is 23.6 Å². The van der Waals surface area contributed by atoms with E-state index >= 15 is 0 Å². The Balaban J connectivity index is 1.77. The van der Waals surface area contributed by atoms with Gasteiger partial charge in [-0.3, -0.25) is 9.97 Å². The van der Waals surface area contributed by atoms with Gasteiger partial charge in [0.1, 0.15) is 0 Å². The minimum Gasteiger partial charge on any atom is -0.253 e. The second-order valence-corrected chi connectivity index (χ2v) is 5.68. The Morgan fingerprint density at radius 1 is 0.667 bits per heavy atom.